The van der Waals surface area contributed by atoms with E-state index >= 15 is 0 Å². The van der Waals surface area contributed by atoms with E-state index in [0.29, 0.717) is 13.1 Å². The molecule has 110 valence electrons. The van der Waals surface area contributed by atoms with Crippen LogP contribution in [0.4, 0.5) is 5.69 Å². The molecule has 1 aromatic heterocycles. The van der Waals surface area contributed by atoms with Crippen LogP contribution >= 0.6 is 11.6 Å². The van der Waals surface area contributed by atoms with Gasteiger partial charge in [0.05, 0.1) is 24.0 Å². The zero-order chi connectivity index (χ0) is 15.4. The monoisotopic (exact) mass is 309 g/mol. The first-order valence-electron chi connectivity index (χ1n) is 5.95. The summed E-state index contributed by atoms with van der Waals surface area (Å²) in [5, 5.41) is 19.2. The fraction of sp³-hybridized carbons (Fsp3) is 0.167. The zero-order valence-electron chi connectivity index (χ0n) is 10.8. The second-order valence-electron chi connectivity index (χ2n) is 4.10. The number of hydrogen-bond donors (Lipinski definition) is 3. The van der Waals surface area contributed by atoms with E-state index in [1.807, 2.05) is 0 Å². The molecule has 1 aromatic carbocycles. The molecular formula is C12H12ClN5O3. The quantitative estimate of drug-likeness (QED) is 0.752. The molecule has 9 heteroatoms. The number of anilines is 1. The van der Waals surface area contributed by atoms with Crippen LogP contribution in [0, 0.1) is 0 Å². The molecule has 0 bridgehead atoms. The number of aromatic nitrogens is 3. The molecule has 0 spiro atoms. The van der Waals surface area contributed by atoms with Crippen LogP contribution in [0.1, 0.15) is 20.8 Å². The molecular weight excluding hydrogens is 298 g/mol. The molecule has 0 fully saturated rings. The number of rotatable bonds is 5. The van der Waals surface area contributed by atoms with E-state index in [2.05, 4.69) is 15.6 Å². The number of nitrogens with two attached hydrogens (primary N) is 1. The number of carbonyl (C=O) groups excluding carboxylic acids is 1. The van der Waals surface area contributed by atoms with Crippen molar-refractivity contribution in [1.82, 2.24) is 15.0 Å². The molecule has 2 aromatic rings. The van der Waals surface area contributed by atoms with E-state index < -0.39 is 11.9 Å². The molecule has 0 aliphatic heterocycles. The summed E-state index contributed by atoms with van der Waals surface area (Å²) in [7, 11) is 0. The standard InChI is InChI=1S/C12H12ClN5O3/c13-7-1-2-9(8(5-7)12(20)21)15-11(19)10-6-18(4-3-14)17-16-10/h1-2,5-6H,3-4,14H2,(H,15,19)(H,20,21). The van der Waals surface area contributed by atoms with Gasteiger partial charge in [-0.1, -0.05) is 16.8 Å². The SMILES string of the molecule is NCCn1cc(C(=O)Nc2ccc(Cl)cc2C(=O)O)nn1. The number of carboxylic acid groups (broad SMARTS) is 1. The van der Waals surface area contributed by atoms with Gasteiger partial charge >= 0.3 is 5.97 Å². The van der Waals surface area contributed by atoms with Crippen LogP contribution in [-0.4, -0.2) is 38.5 Å². The minimum Gasteiger partial charge on any atom is -0.478 e. The molecule has 2 rings (SSSR count). The zero-order valence-corrected chi connectivity index (χ0v) is 11.5. The number of carbonyl (C=O) groups is 2. The van der Waals surface area contributed by atoms with Gasteiger partial charge in [0.1, 0.15) is 0 Å². The first-order valence-corrected chi connectivity index (χ1v) is 6.33. The van der Waals surface area contributed by atoms with Gasteiger partial charge in [0, 0.05) is 11.6 Å². The van der Waals surface area contributed by atoms with Gasteiger partial charge in [0.15, 0.2) is 5.69 Å². The smallest absolute Gasteiger partial charge is 0.337 e. The van der Waals surface area contributed by atoms with Crippen molar-refractivity contribution < 1.29 is 14.7 Å². The van der Waals surface area contributed by atoms with Crippen molar-refractivity contribution >= 4 is 29.2 Å². The van der Waals surface area contributed by atoms with Gasteiger partial charge in [-0.25, -0.2) is 4.79 Å². The summed E-state index contributed by atoms with van der Waals surface area (Å²) in [5.74, 6) is -1.76. The Labute approximate surface area is 124 Å². The maximum atomic E-state index is 12.0. The fourth-order valence-electron chi connectivity index (χ4n) is 1.63. The van der Waals surface area contributed by atoms with Gasteiger partial charge in [-0.3, -0.25) is 9.48 Å². The number of aromatic carboxylic acids is 1. The highest BCUT2D eigenvalue weighted by molar-refractivity contribution is 6.31. The van der Waals surface area contributed by atoms with Crippen molar-refractivity contribution in [3.05, 3.63) is 40.7 Å². The van der Waals surface area contributed by atoms with Gasteiger partial charge in [-0.2, -0.15) is 0 Å². The van der Waals surface area contributed by atoms with Gasteiger partial charge in [-0.15, -0.1) is 5.10 Å². The summed E-state index contributed by atoms with van der Waals surface area (Å²) in [6.45, 7) is 0.798. The minimum absolute atomic E-state index is 0.0646. The van der Waals surface area contributed by atoms with Crippen LogP contribution in [0.25, 0.3) is 0 Å². The summed E-state index contributed by atoms with van der Waals surface area (Å²) in [4.78, 5) is 23.1. The summed E-state index contributed by atoms with van der Waals surface area (Å²) >= 11 is 5.74. The molecule has 0 saturated carbocycles. The third-order valence-corrected chi connectivity index (χ3v) is 2.82. The maximum Gasteiger partial charge on any atom is 0.337 e. The Hall–Kier alpha value is -2.45. The van der Waals surface area contributed by atoms with E-state index in [4.69, 9.17) is 22.4 Å². The van der Waals surface area contributed by atoms with Gasteiger partial charge in [0.2, 0.25) is 0 Å². The van der Waals surface area contributed by atoms with E-state index in [1.165, 1.54) is 29.1 Å². The number of carboxylic acids is 1. The topological polar surface area (TPSA) is 123 Å². The largest absolute Gasteiger partial charge is 0.478 e. The van der Waals surface area contributed by atoms with Crippen molar-refractivity contribution in [2.45, 2.75) is 6.54 Å². The molecule has 21 heavy (non-hydrogen) atoms. The van der Waals surface area contributed by atoms with E-state index in [0.717, 1.165) is 0 Å². The van der Waals surface area contributed by atoms with Crippen LogP contribution in [0.3, 0.4) is 0 Å². The molecule has 0 aliphatic rings. The summed E-state index contributed by atoms with van der Waals surface area (Å²) in [6, 6.07) is 4.15. The Morgan fingerprint density at radius 2 is 2.19 bits per heavy atom. The van der Waals surface area contributed by atoms with Gasteiger partial charge in [0.25, 0.3) is 5.91 Å². The van der Waals surface area contributed by atoms with Crippen molar-refractivity contribution in [2.24, 2.45) is 5.73 Å². The second kappa shape index (κ2) is 6.33. The average Bonchev–Trinajstić information content (AvgIpc) is 2.89. The third kappa shape index (κ3) is 3.56. The Kier molecular flexibility index (Phi) is 4.51. The Balaban J connectivity index is 2.20. The number of hydrogen-bond acceptors (Lipinski definition) is 5. The van der Waals surface area contributed by atoms with Gasteiger partial charge < -0.3 is 16.2 Å². The molecule has 4 N–H and O–H groups in total. The Morgan fingerprint density at radius 1 is 1.43 bits per heavy atom. The highest BCUT2D eigenvalue weighted by Gasteiger charge is 2.16. The number of benzene rings is 1. The van der Waals surface area contributed by atoms with E-state index in [1.54, 1.807) is 0 Å². The normalized spacial score (nSPS) is 10.4. The molecule has 0 saturated heterocycles. The van der Waals surface area contributed by atoms with Crippen LogP contribution in [-0.2, 0) is 6.54 Å². The predicted octanol–water partition coefficient (Wildman–Crippen LogP) is 0.841. The van der Waals surface area contributed by atoms with Crippen LogP contribution in [0.15, 0.2) is 24.4 Å². The lowest BCUT2D eigenvalue weighted by molar-refractivity contribution is 0.0698. The van der Waals surface area contributed by atoms with Crippen LogP contribution < -0.4 is 11.1 Å². The maximum absolute atomic E-state index is 12.0. The number of amides is 1. The molecule has 1 amide bonds. The minimum atomic E-state index is -1.19. The Morgan fingerprint density at radius 3 is 2.86 bits per heavy atom. The molecule has 1 heterocycles. The third-order valence-electron chi connectivity index (χ3n) is 2.59. The van der Waals surface area contributed by atoms with E-state index in [-0.39, 0.29) is 22.0 Å². The molecule has 0 aliphatic carbocycles. The summed E-state index contributed by atoms with van der Waals surface area (Å²) in [5.41, 5.74) is 5.46. The Bertz CT molecular complexity index is 685. The first kappa shape index (κ1) is 14.9. The summed E-state index contributed by atoms with van der Waals surface area (Å²) < 4.78 is 1.43. The van der Waals surface area contributed by atoms with Crippen molar-refractivity contribution in [3.8, 4) is 0 Å². The molecule has 0 radical (unpaired) electrons. The summed E-state index contributed by atoms with van der Waals surface area (Å²) in [6.07, 6.45) is 1.43. The molecule has 8 nitrogen and oxygen atoms in total. The number of nitrogens with one attached hydrogen (secondary N) is 1. The van der Waals surface area contributed by atoms with Crippen molar-refractivity contribution in [1.29, 1.82) is 0 Å². The van der Waals surface area contributed by atoms with Crippen molar-refractivity contribution in [2.75, 3.05) is 11.9 Å². The van der Waals surface area contributed by atoms with Gasteiger partial charge in [-0.05, 0) is 18.2 Å². The number of nitrogens with zero attached hydrogens (tertiary/aromatic N) is 3. The highest BCUT2D eigenvalue weighted by atomic mass is 35.5. The van der Waals surface area contributed by atoms with Crippen LogP contribution in [0.2, 0.25) is 5.02 Å². The molecule has 0 unspecified atom stereocenters. The van der Waals surface area contributed by atoms with Crippen molar-refractivity contribution in [3.63, 3.8) is 0 Å². The average molecular weight is 310 g/mol. The van der Waals surface area contributed by atoms with Crippen LogP contribution in [0.5, 0.6) is 0 Å². The lowest BCUT2D eigenvalue weighted by Crippen LogP contribution is -2.15. The lowest BCUT2D eigenvalue weighted by atomic mass is 10.1. The fourth-order valence-corrected chi connectivity index (χ4v) is 1.80. The first-order chi connectivity index (χ1) is 10.0. The second-order valence-corrected chi connectivity index (χ2v) is 4.54. The van der Waals surface area contributed by atoms with E-state index in [9.17, 15) is 9.59 Å². The predicted molar refractivity (Wildman–Crippen MR) is 75.4 cm³/mol. The number of halogens is 1. The highest BCUT2D eigenvalue weighted by Crippen LogP contribution is 2.21. The molecule has 0 atom stereocenters. The lowest BCUT2D eigenvalue weighted by Gasteiger charge is -2.07.